The number of hydrogen-bond acceptors (Lipinski definition) is 3. The molecule has 23 heavy (non-hydrogen) atoms. The molecule has 1 aliphatic rings. The van der Waals surface area contributed by atoms with Crippen LogP contribution in [0.2, 0.25) is 0 Å². The number of nitrogens with zero attached hydrogens (tertiary/aromatic N) is 1. The molecule has 1 heterocycles. The van der Waals surface area contributed by atoms with Gasteiger partial charge in [-0.2, -0.15) is 0 Å². The molecule has 0 radical (unpaired) electrons. The summed E-state index contributed by atoms with van der Waals surface area (Å²) < 4.78 is 24.5. The van der Waals surface area contributed by atoms with Crippen molar-refractivity contribution >= 4 is 0 Å². The lowest BCUT2D eigenvalue weighted by Crippen LogP contribution is -2.49. The highest BCUT2D eigenvalue weighted by molar-refractivity contribution is 5.22. The lowest BCUT2D eigenvalue weighted by molar-refractivity contribution is -0.0766. The number of ether oxygens (including phenoxy) is 2. The van der Waals surface area contributed by atoms with Crippen molar-refractivity contribution in [2.75, 3.05) is 19.8 Å². The van der Waals surface area contributed by atoms with E-state index in [1.807, 2.05) is 6.07 Å². The van der Waals surface area contributed by atoms with Gasteiger partial charge in [-0.25, -0.2) is 4.39 Å². The molecule has 0 aliphatic carbocycles. The van der Waals surface area contributed by atoms with E-state index in [1.54, 1.807) is 12.1 Å². The molecule has 0 amide bonds. The summed E-state index contributed by atoms with van der Waals surface area (Å²) in [6.07, 6.45) is 0.0277. The molecule has 3 rings (SSSR count). The average molecular weight is 315 g/mol. The molecule has 0 spiro atoms. The Morgan fingerprint density at radius 3 is 2.61 bits per heavy atom. The zero-order valence-corrected chi connectivity index (χ0v) is 13.3. The van der Waals surface area contributed by atoms with Crippen LogP contribution in [0, 0.1) is 5.82 Å². The van der Waals surface area contributed by atoms with E-state index in [9.17, 15) is 4.39 Å². The predicted octanol–water partition coefficient (Wildman–Crippen LogP) is 3.49. The lowest BCUT2D eigenvalue weighted by atomic mass is 10.1. The van der Waals surface area contributed by atoms with Crippen molar-refractivity contribution in [2.24, 2.45) is 0 Å². The highest BCUT2D eigenvalue weighted by atomic mass is 19.1. The van der Waals surface area contributed by atoms with Crippen molar-refractivity contribution in [1.82, 2.24) is 4.90 Å². The van der Waals surface area contributed by atoms with Crippen molar-refractivity contribution < 1.29 is 13.9 Å². The van der Waals surface area contributed by atoms with Crippen LogP contribution in [-0.4, -0.2) is 36.8 Å². The zero-order valence-electron chi connectivity index (χ0n) is 13.3. The first-order valence-electron chi connectivity index (χ1n) is 7.98. The SMILES string of the molecule is CC1CO[C@H](COc2ccc(F)cc2)CN1Cc1ccccc1. The minimum absolute atomic E-state index is 0.0277. The van der Waals surface area contributed by atoms with Crippen LogP contribution in [0.25, 0.3) is 0 Å². The Hall–Kier alpha value is -1.91. The third kappa shape index (κ3) is 4.53. The quantitative estimate of drug-likeness (QED) is 0.843. The van der Waals surface area contributed by atoms with Crippen LogP contribution in [0.15, 0.2) is 54.6 Å². The largest absolute Gasteiger partial charge is 0.491 e. The van der Waals surface area contributed by atoms with E-state index < -0.39 is 0 Å². The summed E-state index contributed by atoms with van der Waals surface area (Å²) in [5, 5.41) is 0. The van der Waals surface area contributed by atoms with Gasteiger partial charge >= 0.3 is 0 Å². The molecular weight excluding hydrogens is 293 g/mol. The van der Waals surface area contributed by atoms with Crippen molar-refractivity contribution in [3.8, 4) is 5.75 Å². The van der Waals surface area contributed by atoms with E-state index in [2.05, 4.69) is 36.1 Å². The molecule has 0 saturated carbocycles. The summed E-state index contributed by atoms with van der Waals surface area (Å²) in [7, 11) is 0. The summed E-state index contributed by atoms with van der Waals surface area (Å²) in [6.45, 7) is 5.10. The fourth-order valence-corrected chi connectivity index (χ4v) is 2.73. The number of hydrogen-bond donors (Lipinski definition) is 0. The van der Waals surface area contributed by atoms with Crippen molar-refractivity contribution in [3.05, 3.63) is 66.0 Å². The Morgan fingerprint density at radius 1 is 1.13 bits per heavy atom. The normalized spacial score (nSPS) is 22.0. The van der Waals surface area contributed by atoms with Crippen LogP contribution >= 0.6 is 0 Å². The van der Waals surface area contributed by atoms with Gasteiger partial charge in [0, 0.05) is 19.1 Å². The van der Waals surface area contributed by atoms with Crippen LogP contribution in [0.5, 0.6) is 5.75 Å². The molecule has 122 valence electrons. The van der Waals surface area contributed by atoms with E-state index in [1.165, 1.54) is 17.7 Å². The van der Waals surface area contributed by atoms with Gasteiger partial charge in [0.05, 0.1) is 6.61 Å². The van der Waals surface area contributed by atoms with Crippen LogP contribution in [0.1, 0.15) is 12.5 Å². The van der Waals surface area contributed by atoms with Crippen LogP contribution in [-0.2, 0) is 11.3 Å². The van der Waals surface area contributed by atoms with Gasteiger partial charge in [-0.05, 0) is 36.8 Å². The molecule has 1 saturated heterocycles. The van der Waals surface area contributed by atoms with Gasteiger partial charge in [0.25, 0.3) is 0 Å². The maximum absolute atomic E-state index is 12.9. The first-order valence-corrected chi connectivity index (χ1v) is 7.98. The highest BCUT2D eigenvalue weighted by Gasteiger charge is 2.26. The van der Waals surface area contributed by atoms with E-state index in [4.69, 9.17) is 9.47 Å². The minimum atomic E-state index is -0.255. The second-order valence-corrected chi connectivity index (χ2v) is 5.98. The second kappa shape index (κ2) is 7.57. The van der Waals surface area contributed by atoms with Crippen molar-refractivity contribution in [1.29, 1.82) is 0 Å². The fraction of sp³-hybridized carbons (Fsp3) is 0.368. The Labute approximate surface area is 136 Å². The van der Waals surface area contributed by atoms with Gasteiger partial charge in [-0.1, -0.05) is 30.3 Å². The molecule has 0 bridgehead atoms. The Bertz CT molecular complexity index is 603. The average Bonchev–Trinajstić information content (AvgIpc) is 2.58. The maximum atomic E-state index is 12.9. The number of rotatable bonds is 5. The lowest BCUT2D eigenvalue weighted by Gasteiger charge is -2.37. The molecule has 2 atom stereocenters. The smallest absolute Gasteiger partial charge is 0.123 e. The molecule has 0 aromatic heterocycles. The topological polar surface area (TPSA) is 21.7 Å². The summed E-state index contributed by atoms with van der Waals surface area (Å²) in [6, 6.07) is 16.9. The molecule has 1 unspecified atom stereocenters. The summed E-state index contributed by atoms with van der Waals surface area (Å²) >= 11 is 0. The predicted molar refractivity (Wildman–Crippen MR) is 87.9 cm³/mol. The summed E-state index contributed by atoms with van der Waals surface area (Å²) in [4.78, 5) is 2.41. The summed E-state index contributed by atoms with van der Waals surface area (Å²) in [5.74, 6) is 0.414. The van der Waals surface area contributed by atoms with Gasteiger partial charge in [-0.3, -0.25) is 4.90 Å². The van der Waals surface area contributed by atoms with Gasteiger partial charge in [0.1, 0.15) is 24.3 Å². The molecule has 0 N–H and O–H groups in total. The number of benzene rings is 2. The maximum Gasteiger partial charge on any atom is 0.123 e. The van der Waals surface area contributed by atoms with Crippen LogP contribution in [0.3, 0.4) is 0 Å². The third-order valence-electron chi connectivity index (χ3n) is 4.11. The van der Waals surface area contributed by atoms with Gasteiger partial charge in [-0.15, -0.1) is 0 Å². The first kappa shape index (κ1) is 16.0. The molecule has 4 heteroatoms. The van der Waals surface area contributed by atoms with E-state index >= 15 is 0 Å². The molecule has 3 nitrogen and oxygen atoms in total. The van der Waals surface area contributed by atoms with Crippen LogP contribution < -0.4 is 4.74 Å². The zero-order chi connectivity index (χ0) is 16.1. The van der Waals surface area contributed by atoms with Crippen molar-refractivity contribution in [2.45, 2.75) is 25.6 Å². The minimum Gasteiger partial charge on any atom is -0.491 e. The van der Waals surface area contributed by atoms with E-state index in [0.717, 1.165) is 13.1 Å². The monoisotopic (exact) mass is 315 g/mol. The standard InChI is InChI=1S/C19H22FNO2/c1-15-13-22-19(14-23-18-9-7-17(20)8-10-18)12-21(15)11-16-5-3-2-4-6-16/h2-10,15,19H,11-14H2,1H3/t15?,19-/m0/s1. The molecule has 2 aromatic carbocycles. The third-order valence-corrected chi connectivity index (χ3v) is 4.11. The van der Waals surface area contributed by atoms with E-state index in [0.29, 0.717) is 25.0 Å². The van der Waals surface area contributed by atoms with Gasteiger partial charge in [0.15, 0.2) is 0 Å². The Kier molecular flexibility index (Phi) is 5.26. The molecular formula is C19H22FNO2. The van der Waals surface area contributed by atoms with Gasteiger partial charge < -0.3 is 9.47 Å². The van der Waals surface area contributed by atoms with E-state index in [-0.39, 0.29) is 11.9 Å². The number of halogens is 1. The van der Waals surface area contributed by atoms with Crippen molar-refractivity contribution in [3.63, 3.8) is 0 Å². The van der Waals surface area contributed by atoms with Crippen LogP contribution in [0.4, 0.5) is 4.39 Å². The Balaban J connectivity index is 1.54. The first-order chi connectivity index (χ1) is 11.2. The Morgan fingerprint density at radius 2 is 1.87 bits per heavy atom. The van der Waals surface area contributed by atoms with Gasteiger partial charge in [0.2, 0.25) is 0 Å². The molecule has 2 aromatic rings. The highest BCUT2D eigenvalue weighted by Crippen LogP contribution is 2.17. The molecule has 1 fully saturated rings. The summed E-state index contributed by atoms with van der Waals surface area (Å²) in [5.41, 5.74) is 1.31. The second-order valence-electron chi connectivity index (χ2n) is 5.98. The molecule has 1 aliphatic heterocycles. The number of morpholine rings is 1. The fourth-order valence-electron chi connectivity index (χ4n) is 2.73.